The maximum atomic E-state index is 3.65. The summed E-state index contributed by atoms with van der Waals surface area (Å²) in [6, 6.07) is 1.80. The third-order valence-corrected chi connectivity index (χ3v) is 5.28. The summed E-state index contributed by atoms with van der Waals surface area (Å²) in [5.74, 6) is 1.04. The molecule has 0 amide bonds. The average Bonchev–Trinajstić information content (AvgIpc) is 2.67. The van der Waals surface area contributed by atoms with E-state index >= 15 is 0 Å². The number of rotatable bonds is 1. The molecule has 3 rings (SSSR count). The predicted molar refractivity (Wildman–Crippen MR) is 72.2 cm³/mol. The van der Waals surface area contributed by atoms with Crippen LogP contribution >= 0.6 is 0 Å². The Morgan fingerprint density at radius 1 is 0.824 bits per heavy atom. The molecule has 3 atom stereocenters. The fourth-order valence-electron chi connectivity index (χ4n) is 4.40. The van der Waals surface area contributed by atoms with Gasteiger partial charge in [-0.1, -0.05) is 19.3 Å². The van der Waals surface area contributed by atoms with Crippen molar-refractivity contribution < 1.29 is 0 Å². The van der Waals surface area contributed by atoms with Crippen LogP contribution in [-0.4, -0.2) is 36.6 Å². The van der Waals surface area contributed by atoms with Crippen LogP contribution in [-0.2, 0) is 0 Å². The lowest BCUT2D eigenvalue weighted by atomic mass is 9.77. The number of fused-ring (bicyclic) bond motifs is 1. The van der Waals surface area contributed by atoms with Crippen molar-refractivity contribution in [3.63, 3.8) is 0 Å². The summed E-state index contributed by atoms with van der Waals surface area (Å²) >= 11 is 0. The van der Waals surface area contributed by atoms with Gasteiger partial charge in [-0.2, -0.15) is 0 Å². The van der Waals surface area contributed by atoms with Gasteiger partial charge in [-0.3, -0.25) is 4.90 Å². The van der Waals surface area contributed by atoms with E-state index in [1.54, 1.807) is 0 Å². The van der Waals surface area contributed by atoms with Crippen LogP contribution in [0, 0.1) is 5.92 Å². The number of likely N-dealkylation sites (tertiary alicyclic amines) is 1. The van der Waals surface area contributed by atoms with Crippen molar-refractivity contribution in [3.05, 3.63) is 0 Å². The Hall–Kier alpha value is -0.0800. The summed E-state index contributed by atoms with van der Waals surface area (Å²) in [5, 5.41) is 3.65. The van der Waals surface area contributed by atoms with Crippen molar-refractivity contribution in [1.82, 2.24) is 10.2 Å². The van der Waals surface area contributed by atoms with Crippen LogP contribution in [0.3, 0.4) is 0 Å². The molecule has 1 saturated carbocycles. The molecule has 0 aromatic rings. The zero-order chi connectivity index (χ0) is 11.5. The first-order valence-electron chi connectivity index (χ1n) is 7.91. The van der Waals surface area contributed by atoms with E-state index in [1.807, 2.05) is 0 Å². The van der Waals surface area contributed by atoms with Gasteiger partial charge < -0.3 is 5.32 Å². The van der Waals surface area contributed by atoms with Gasteiger partial charge in [0.1, 0.15) is 0 Å². The molecule has 2 aliphatic heterocycles. The quantitative estimate of drug-likeness (QED) is 0.753. The molecule has 0 bridgehead atoms. The third kappa shape index (κ3) is 2.68. The Balaban J connectivity index is 1.66. The van der Waals surface area contributed by atoms with Crippen molar-refractivity contribution in [2.24, 2.45) is 5.92 Å². The Kier molecular flexibility index (Phi) is 4.02. The SMILES string of the molecule is C1CCC(N2CCCC3CCCCC32)CNC1. The second-order valence-corrected chi connectivity index (χ2v) is 6.35. The molecule has 0 aromatic heterocycles. The molecule has 3 aliphatic rings. The van der Waals surface area contributed by atoms with Gasteiger partial charge in [0.05, 0.1) is 0 Å². The van der Waals surface area contributed by atoms with Crippen LogP contribution in [0.5, 0.6) is 0 Å². The van der Waals surface area contributed by atoms with Crippen molar-refractivity contribution >= 4 is 0 Å². The zero-order valence-electron chi connectivity index (χ0n) is 11.2. The van der Waals surface area contributed by atoms with Gasteiger partial charge in [0, 0.05) is 18.6 Å². The minimum absolute atomic E-state index is 0.850. The molecule has 0 radical (unpaired) electrons. The van der Waals surface area contributed by atoms with Gasteiger partial charge in [0.15, 0.2) is 0 Å². The molecular weight excluding hydrogens is 208 g/mol. The van der Waals surface area contributed by atoms with Crippen LogP contribution in [0.25, 0.3) is 0 Å². The highest BCUT2D eigenvalue weighted by Crippen LogP contribution is 2.36. The van der Waals surface area contributed by atoms with Crippen LogP contribution in [0.15, 0.2) is 0 Å². The van der Waals surface area contributed by atoms with E-state index in [-0.39, 0.29) is 0 Å². The number of nitrogens with one attached hydrogen (secondary N) is 1. The molecule has 1 N–H and O–H groups in total. The van der Waals surface area contributed by atoms with Gasteiger partial charge in [-0.15, -0.1) is 0 Å². The molecule has 0 spiro atoms. The molecule has 2 saturated heterocycles. The monoisotopic (exact) mass is 236 g/mol. The highest BCUT2D eigenvalue weighted by atomic mass is 15.2. The van der Waals surface area contributed by atoms with Crippen molar-refractivity contribution in [1.29, 1.82) is 0 Å². The van der Waals surface area contributed by atoms with Gasteiger partial charge in [0.25, 0.3) is 0 Å². The van der Waals surface area contributed by atoms with E-state index in [2.05, 4.69) is 10.2 Å². The largest absolute Gasteiger partial charge is 0.315 e. The Bertz CT molecular complexity index is 231. The van der Waals surface area contributed by atoms with Crippen molar-refractivity contribution in [2.45, 2.75) is 69.9 Å². The topological polar surface area (TPSA) is 15.3 Å². The van der Waals surface area contributed by atoms with Crippen molar-refractivity contribution in [2.75, 3.05) is 19.6 Å². The molecule has 0 aromatic carbocycles. The average molecular weight is 236 g/mol. The molecule has 2 nitrogen and oxygen atoms in total. The van der Waals surface area contributed by atoms with Crippen LogP contribution in [0.1, 0.15) is 57.8 Å². The highest BCUT2D eigenvalue weighted by molar-refractivity contribution is 4.91. The fourth-order valence-corrected chi connectivity index (χ4v) is 4.40. The minimum Gasteiger partial charge on any atom is -0.315 e. The van der Waals surface area contributed by atoms with Crippen LogP contribution in [0.2, 0.25) is 0 Å². The van der Waals surface area contributed by atoms with E-state index in [0.29, 0.717) is 0 Å². The summed E-state index contributed by atoms with van der Waals surface area (Å²) in [6.07, 6.45) is 13.2. The first kappa shape index (κ1) is 12.0. The molecule has 2 heterocycles. The normalized spacial score (nSPS) is 40.6. The summed E-state index contributed by atoms with van der Waals surface area (Å²) in [5.41, 5.74) is 0. The summed E-state index contributed by atoms with van der Waals surface area (Å²) in [4.78, 5) is 2.91. The lowest BCUT2D eigenvalue weighted by Crippen LogP contribution is -2.53. The highest BCUT2D eigenvalue weighted by Gasteiger charge is 2.36. The second-order valence-electron chi connectivity index (χ2n) is 6.35. The minimum atomic E-state index is 0.850. The fraction of sp³-hybridized carbons (Fsp3) is 1.00. The van der Waals surface area contributed by atoms with E-state index < -0.39 is 0 Å². The number of hydrogen-bond acceptors (Lipinski definition) is 2. The number of nitrogens with zero attached hydrogens (tertiary/aromatic N) is 1. The number of piperidine rings is 1. The van der Waals surface area contributed by atoms with E-state index in [4.69, 9.17) is 0 Å². The maximum Gasteiger partial charge on any atom is 0.0223 e. The van der Waals surface area contributed by atoms with E-state index in [1.165, 1.54) is 77.4 Å². The number of hydrogen-bond donors (Lipinski definition) is 1. The maximum absolute atomic E-state index is 3.65. The van der Waals surface area contributed by atoms with Gasteiger partial charge in [0.2, 0.25) is 0 Å². The van der Waals surface area contributed by atoms with Gasteiger partial charge in [-0.25, -0.2) is 0 Å². The van der Waals surface area contributed by atoms with Crippen molar-refractivity contribution in [3.8, 4) is 0 Å². The van der Waals surface area contributed by atoms with Crippen LogP contribution < -0.4 is 5.32 Å². The molecule has 1 aliphatic carbocycles. The molecule has 17 heavy (non-hydrogen) atoms. The molecule has 2 heteroatoms. The molecule has 3 fully saturated rings. The summed E-state index contributed by atoms with van der Waals surface area (Å²) in [6.45, 7) is 3.88. The first-order chi connectivity index (χ1) is 8.45. The Labute approximate surface area is 106 Å². The standard InChI is InChI=1S/C15H28N2/c1-2-9-15-13(6-1)7-5-11-17(15)14-8-3-4-10-16-12-14/h13-16H,1-12H2. The first-order valence-corrected chi connectivity index (χ1v) is 7.91. The molecule has 98 valence electrons. The van der Waals surface area contributed by atoms with Gasteiger partial charge >= 0.3 is 0 Å². The lowest BCUT2D eigenvalue weighted by Gasteiger charge is -2.47. The summed E-state index contributed by atoms with van der Waals surface area (Å²) < 4.78 is 0. The predicted octanol–water partition coefficient (Wildman–Crippen LogP) is 2.78. The lowest BCUT2D eigenvalue weighted by molar-refractivity contribution is 0.0243. The smallest absolute Gasteiger partial charge is 0.0223 e. The molecule has 3 unspecified atom stereocenters. The van der Waals surface area contributed by atoms with Gasteiger partial charge in [-0.05, 0) is 57.5 Å². The van der Waals surface area contributed by atoms with Crippen LogP contribution in [0.4, 0.5) is 0 Å². The molecular formula is C15H28N2. The third-order valence-electron chi connectivity index (χ3n) is 5.28. The Morgan fingerprint density at radius 3 is 2.65 bits per heavy atom. The zero-order valence-corrected chi connectivity index (χ0v) is 11.2. The second kappa shape index (κ2) is 5.71. The van der Waals surface area contributed by atoms with E-state index in [9.17, 15) is 0 Å². The Morgan fingerprint density at radius 2 is 1.65 bits per heavy atom. The van der Waals surface area contributed by atoms with E-state index in [0.717, 1.165) is 18.0 Å². The summed E-state index contributed by atoms with van der Waals surface area (Å²) in [7, 11) is 0.